The van der Waals surface area contributed by atoms with Crippen molar-refractivity contribution in [3.63, 3.8) is 0 Å². The van der Waals surface area contributed by atoms with Crippen LogP contribution in [0.1, 0.15) is 17.5 Å². The number of halogens is 2. The number of anilines is 1. The van der Waals surface area contributed by atoms with E-state index >= 15 is 0 Å². The van der Waals surface area contributed by atoms with Crippen LogP contribution in [0.2, 0.25) is 0 Å². The summed E-state index contributed by atoms with van der Waals surface area (Å²) in [6, 6.07) is 6.97. The molecule has 0 spiro atoms. The van der Waals surface area contributed by atoms with Crippen LogP contribution in [0.15, 0.2) is 18.2 Å². The number of urea groups is 1. The molecule has 5 nitrogen and oxygen atoms in total. The summed E-state index contributed by atoms with van der Waals surface area (Å²) in [4.78, 5) is 15.7. The molecule has 1 aromatic carbocycles. The first-order chi connectivity index (χ1) is 11.0. The number of nitrogens with zero attached hydrogens (tertiary/aromatic N) is 3. The molecule has 1 aliphatic rings. The van der Waals surface area contributed by atoms with Crippen LogP contribution in [0.3, 0.4) is 0 Å². The number of rotatable bonds is 3. The van der Waals surface area contributed by atoms with Gasteiger partial charge in [-0.2, -0.15) is 5.26 Å². The molecule has 2 amide bonds. The standard InChI is InChI=1S/C16H20F2N4O/c1-12-13(10-19)4-2-5-14(12)20-16(23)22-7-3-6-21(8-9-22)11-15(17)18/h2,4-5,15H,3,6-9,11H2,1H3,(H,20,23). The van der Waals surface area contributed by atoms with Gasteiger partial charge in [-0.15, -0.1) is 0 Å². The molecule has 23 heavy (non-hydrogen) atoms. The normalized spacial score (nSPS) is 16.0. The van der Waals surface area contributed by atoms with Crippen molar-refractivity contribution in [2.45, 2.75) is 19.8 Å². The molecule has 0 aliphatic carbocycles. The van der Waals surface area contributed by atoms with Gasteiger partial charge in [0.1, 0.15) is 0 Å². The predicted octanol–water partition coefficient (Wildman–Crippen LogP) is 2.67. The van der Waals surface area contributed by atoms with Crippen molar-refractivity contribution in [1.29, 1.82) is 5.26 Å². The Morgan fingerprint density at radius 3 is 2.83 bits per heavy atom. The van der Waals surface area contributed by atoms with Crippen molar-refractivity contribution in [2.24, 2.45) is 0 Å². The molecule has 1 aliphatic heterocycles. The number of nitrogens with one attached hydrogen (secondary N) is 1. The molecule has 1 saturated heterocycles. The molecule has 0 atom stereocenters. The number of alkyl halides is 2. The topological polar surface area (TPSA) is 59.4 Å². The van der Waals surface area contributed by atoms with Crippen LogP contribution in [0.25, 0.3) is 0 Å². The first-order valence-corrected chi connectivity index (χ1v) is 7.57. The van der Waals surface area contributed by atoms with Crippen molar-refractivity contribution in [3.05, 3.63) is 29.3 Å². The maximum atomic E-state index is 12.5. The van der Waals surface area contributed by atoms with E-state index in [1.54, 1.807) is 34.9 Å². The first kappa shape index (κ1) is 17.2. The van der Waals surface area contributed by atoms with Crippen LogP contribution < -0.4 is 5.32 Å². The Labute approximate surface area is 134 Å². The molecule has 7 heteroatoms. The van der Waals surface area contributed by atoms with Crippen molar-refractivity contribution in [2.75, 3.05) is 38.0 Å². The monoisotopic (exact) mass is 322 g/mol. The van der Waals surface area contributed by atoms with Crippen LogP contribution in [-0.2, 0) is 0 Å². The van der Waals surface area contributed by atoms with Crippen molar-refractivity contribution in [1.82, 2.24) is 9.80 Å². The SMILES string of the molecule is Cc1c(C#N)cccc1NC(=O)N1CCCN(CC(F)F)CC1. The summed E-state index contributed by atoms with van der Waals surface area (Å²) >= 11 is 0. The van der Waals surface area contributed by atoms with E-state index in [1.807, 2.05) is 0 Å². The van der Waals surface area contributed by atoms with E-state index in [1.165, 1.54) is 0 Å². The van der Waals surface area contributed by atoms with Crippen molar-refractivity contribution < 1.29 is 13.6 Å². The second-order valence-corrected chi connectivity index (χ2v) is 5.55. The summed E-state index contributed by atoms with van der Waals surface area (Å²) in [5, 5.41) is 11.8. The fourth-order valence-electron chi connectivity index (χ4n) is 2.64. The lowest BCUT2D eigenvalue weighted by Crippen LogP contribution is -2.38. The van der Waals surface area contributed by atoms with E-state index in [0.29, 0.717) is 43.9 Å². The fourth-order valence-corrected chi connectivity index (χ4v) is 2.64. The lowest BCUT2D eigenvalue weighted by molar-refractivity contribution is 0.0905. The molecule has 2 rings (SSSR count). The van der Waals surface area contributed by atoms with E-state index in [0.717, 1.165) is 5.56 Å². The fraction of sp³-hybridized carbons (Fsp3) is 0.500. The number of hydrogen-bond acceptors (Lipinski definition) is 3. The summed E-state index contributed by atoms with van der Waals surface area (Å²) in [7, 11) is 0. The van der Waals surface area contributed by atoms with Gasteiger partial charge < -0.3 is 10.2 Å². The van der Waals surface area contributed by atoms with Crippen LogP contribution in [-0.4, -0.2) is 55.0 Å². The second kappa shape index (κ2) is 7.88. The summed E-state index contributed by atoms with van der Waals surface area (Å²) in [5.74, 6) is 0. The molecule has 124 valence electrons. The molecule has 1 aromatic rings. The maximum Gasteiger partial charge on any atom is 0.321 e. The van der Waals surface area contributed by atoms with E-state index in [9.17, 15) is 13.6 Å². The minimum absolute atomic E-state index is 0.251. The van der Waals surface area contributed by atoms with Gasteiger partial charge in [-0.05, 0) is 31.0 Å². The van der Waals surface area contributed by atoms with Gasteiger partial charge in [0.05, 0.1) is 18.2 Å². The number of carbonyl (C=O) groups is 1. The van der Waals surface area contributed by atoms with Gasteiger partial charge >= 0.3 is 6.03 Å². The number of benzene rings is 1. The molecule has 1 fully saturated rings. The average Bonchev–Trinajstić information content (AvgIpc) is 2.74. The van der Waals surface area contributed by atoms with Crippen molar-refractivity contribution >= 4 is 11.7 Å². The lowest BCUT2D eigenvalue weighted by atomic mass is 10.1. The first-order valence-electron chi connectivity index (χ1n) is 7.57. The molecule has 0 unspecified atom stereocenters. The highest BCUT2D eigenvalue weighted by atomic mass is 19.3. The zero-order chi connectivity index (χ0) is 16.8. The van der Waals surface area contributed by atoms with Crippen LogP contribution in [0.5, 0.6) is 0 Å². The number of carbonyl (C=O) groups excluding carboxylic acids is 1. The Balaban J connectivity index is 1.98. The summed E-state index contributed by atoms with van der Waals surface area (Å²) in [6.07, 6.45) is -1.69. The quantitative estimate of drug-likeness (QED) is 0.931. The van der Waals surface area contributed by atoms with Crippen LogP contribution >= 0.6 is 0 Å². The van der Waals surface area contributed by atoms with Gasteiger partial charge in [-0.3, -0.25) is 4.90 Å². The molecule has 0 bridgehead atoms. The number of amides is 2. The lowest BCUT2D eigenvalue weighted by Gasteiger charge is -2.22. The maximum absolute atomic E-state index is 12.5. The van der Waals surface area contributed by atoms with Gasteiger partial charge in [0.2, 0.25) is 0 Å². The third-order valence-corrected chi connectivity index (χ3v) is 3.97. The minimum atomic E-state index is -2.35. The third-order valence-electron chi connectivity index (χ3n) is 3.97. The van der Waals surface area contributed by atoms with E-state index in [2.05, 4.69) is 11.4 Å². The Kier molecular flexibility index (Phi) is 5.88. The van der Waals surface area contributed by atoms with Crippen LogP contribution in [0, 0.1) is 18.3 Å². The van der Waals surface area contributed by atoms with Gasteiger partial charge in [0.25, 0.3) is 6.43 Å². The highest BCUT2D eigenvalue weighted by molar-refractivity contribution is 5.90. The summed E-state index contributed by atoms with van der Waals surface area (Å²) in [6.45, 7) is 3.48. The Hall–Kier alpha value is -2.20. The molecule has 0 aromatic heterocycles. The van der Waals surface area contributed by atoms with Crippen molar-refractivity contribution in [3.8, 4) is 6.07 Å². The Morgan fingerprint density at radius 2 is 2.13 bits per heavy atom. The molecule has 1 N–H and O–H groups in total. The zero-order valence-electron chi connectivity index (χ0n) is 13.1. The van der Waals surface area contributed by atoms with Crippen LogP contribution in [0.4, 0.5) is 19.3 Å². The molecule has 0 saturated carbocycles. The highest BCUT2D eigenvalue weighted by Gasteiger charge is 2.21. The van der Waals surface area contributed by atoms with Gasteiger partial charge in [0, 0.05) is 31.9 Å². The second-order valence-electron chi connectivity index (χ2n) is 5.55. The largest absolute Gasteiger partial charge is 0.323 e. The minimum Gasteiger partial charge on any atom is -0.323 e. The van der Waals surface area contributed by atoms with E-state index in [4.69, 9.17) is 5.26 Å². The summed E-state index contributed by atoms with van der Waals surface area (Å²) < 4.78 is 24.9. The zero-order valence-corrected chi connectivity index (χ0v) is 13.1. The molecular formula is C16H20F2N4O. The Bertz CT molecular complexity index is 600. The smallest absolute Gasteiger partial charge is 0.321 e. The predicted molar refractivity (Wildman–Crippen MR) is 83.5 cm³/mol. The average molecular weight is 322 g/mol. The third kappa shape index (κ3) is 4.63. The van der Waals surface area contributed by atoms with E-state index < -0.39 is 6.43 Å². The molecule has 1 heterocycles. The molecule has 0 radical (unpaired) electrons. The summed E-state index contributed by atoms with van der Waals surface area (Å²) in [5.41, 5.74) is 1.84. The number of nitriles is 1. The Morgan fingerprint density at radius 1 is 1.35 bits per heavy atom. The van der Waals surface area contributed by atoms with Gasteiger partial charge in [0.15, 0.2) is 0 Å². The molecular weight excluding hydrogens is 302 g/mol. The highest BCUT2D eigenvalue weighted by Crippen LogP contribution is 2.19. The van der Waals surface area contributed by atoms with Gasteiger partial charge in [-0.1, -0.05) is 6.07 Å². The van der Waals surface area contributed by atoms with Gasteiger partial charge in [-0.25, -0.2) is 13.6 Å². The van der Waals surface area contributed by atoms with E-state index in [-0.39, 0.29) is 12.6 Å². The number of hydrogen-bond donors (Lipinski definition) is 1.